The molecule has 2 N–H and O–H groups in total. The summed E-state index contributed by atoms with van der Waals surface area (Å²) < 4.78 is 40.2. The van der Waals surface area contributed by atoms with Crippen LogP contribution in [0.4, 0.5) is 24.5 Å². The largest absolute Gasteiger partial charge is 0.416 e. The number of hydrogen-bond donors (Lipinski definition) is 2. The van der Waals surface area contributed by atoms with Crippen LogP contribution in [-0.4, -0.2) is 27.3 Å². The number of benzene rings is 2. The molecule has 6 nitrogen and oxygen atoms in total. The Bertz CT molecular complexity index is 1160. The molecule has 0 radical (unpaired) electrons. The number of thioether (sulfide) groups is 1. The van der Waals surface area contributed by atoms with Crippen molar-refractivity contribution < 1.29 is 22.8 Å². The molecular weight excluding hydrogens is 417 g/mol. The zero-order chi connectivity index (χ0) is 21.5. The van der Waals surface area contributed by atoms with Gasteiger partial charge in [-0.3, -0.25) is 9.59 Å². The molecule has 3 aromatic rings. The Kier molecular flexibility index (Phi) is 5.02. The number of fused-ring (bicyclic) bond motifs is 1. The molecule has 154 valence electrons. The second-order valence-electron chi connectivity index (χ2n) is 6.61. The fourth-order valence-corrected chi connectivity index (χ4v) is 3.85. The Hall–Kier alpha value is -3.27. The minimum absolute atomic E-state index is 0.116. The van der Waals surface area contributed by atoms with Gasteiger partial charge < -0.3 is 10.6 Å². The SMILES string of the molecule is Cc1c(C(=O)Nc2ccc3c(c2)NC(=O)CS3)cnn1-c1cccc(C(F)(F)F)c1. The van der Waals surface area contributed by atoms with E-state index in [4.69, 9.17) is 0 Å². The van der Waals surface area contributed by atoms with E-state index >= 15 is 0 Å². The lowest BCUT2D eigenvalue weighted by Crippen LogP contribution is -2.19. The van der Waals surface area contributed by atoms with E-state index < -0.39 is 17.6 Å². The maximum atomic E-state index is 13.0. The summed E-state index contributed by atoms with van der Waals surface area (Å²) in [4.78, 5) is 25.2. The quantitative estimate of drug-likeness (QED) is 0.639. The maximum absolute atomic E-state index is 13.0. The molecule has 4 rings (SSSR count). The first-order valence-electron chi connectivity index (χ1n) is 8.83. The summed E-state index contributed by atoms with van der Waals surface area (Å²) >= 11 is 1.41. The van der Waals surface area contributed by atoms with E-state index in [0.29, 0.717) is 22.8 Å². The molecule has 0 bridgehead atoms. The summed E-state index contributed by atoms with van der Waals surface area (Å²) in [5.41, 5.74) is 1.13. The van der Waals surface area contributed by atoms with Crippen molar-refractivity contribution in [3.8, 4) is 5.69 Å². The van der Waals surface area contributed by atoms with Gasteiger partial charge >= 0.3 is 6.18 Å². The van der Waals surface area contributed by atoms with Crippen LogP contribution in [0.5, 0.6) is 0 Å². The van der Waals surface area contributed by atoms with E-state index in [1.54, 1.807) is 25.1 Å². The minimum atomic E-state index is -4.47. The molecule has 0 unspecified atom stereocenters. The molecule has 2 heterocycles. The van der Waals surface area contributed by atoms with Crippen LogP contribution in [0.1, 0.15) is 21.6 Å². The van der Waals surface area contributed by atoms with Crippen LogP contribution < -0.4 is 10.6 Å². The number of alkyl halides is 3. The highest BCUT2D eigenvalue weighted by Crippen LogP contribution is 2.34. The number of anilines is 2. The van der Waals surface area contributed by atoms with Crippen LogP contribution in [0.15, 0.2) is 53.6 Å². The highest BCUT2D eigenvalue weighted by Gasteiger charge is 2.30. The number of nitrogens with zero attached hydrogens (tertiary/aromatic N) is 2. The van der Waals surface area contributed by atoms with Gasteiger partial charge in [-0.15, -0.1) is 11.8 Å². The lowest BCUT2D eigenvalue weighted by molar-refractivity contribution is -0.137. The first-order chi connectivity index (χ1) is 14.2. The lowest BCUT2D eigenvalue weighted by Gasteiger charge is -2.17. The van der Waals surface area contributed by atoms with Gasteiger partial charge in [-0.25, -0.2) is 4.68 Å². The summed E-state index contributed by atoms with van der Waals surface area (Å²) in [5, 5.41) is 9.56. The van der Waals surface area contributed by atoms with Gasteiger partial charge in [0.05, 0.1) is 40.1 Å². The number of hydrogen-bond acceptors (Lipinski definition) is 4. The molecular formula is C20H15F3N4O2S. The summed E-state index contributed by atoms with van der Waals surface area (Å²) in [6.07, 6.45) is -3.17. The molecule has 1 aromatic heterocycles. The predicted octanol–water partition coefficient (Wildman–Crippen LogP) is 4.50. The van der Waals surface area contributed by atoms with Gasteiger partial charge in [0.1, 0.15) is 0 Å². The third-order valence-corrected chi connectivity index (χ3v) is 5.62. The van der Waals surface area contributed by atoms with Crippen molar-refractivity contribution in [1.82, 2.24) is 9.78 Å². The van der Waals surface area contributed by atoms with Crippen LogP contribution in [0.25, 0.3) is 5.69 Å². The van der Waals surface area contributed by atoms with E-state index in [1.165, 1.54) is 34.8 Å². The smallest absolute Gasteiger partial charge is 0.324 e. The van der Waals surface area contributed by atoms with Crippen LogP contribution in [0.2, 0.25) is 0 Å². The fraction of sp³-hybridized carbons (Fsp3) is 0.150. The van der Waals surface area contributed by atoms with Crippen molar-refractivity contribution in [2.75, 3.05) is 16.4 Å². The topological polar surface area (TPSA) is 76.0 Å². The molecule has 0 aliphatic carbocycles. The van der Waals surface area contributed by atoms with Gasteiger partial charge in [0.15, 0.2) is 0 Å². The number of carbonyl (C=O) groups excluding carboxylic acids is 2. The van der Waals surface area contributed by atoms with Crippen molar-refractivity contribution in [3.05, 3.63) is 65.5 Å². The summed E-state index contributed by atoms with van der Waals surface area (Å²) in [5.74, 6) is -0.234. The highest BCUT2D eigenvalue weighted by molar-refractivity contribution is 8.00. The Morgan fingerprint density at radius 1 is 1.23 bits per heavy atom. The van der Waals surface area contributed by atoms with E-state index in [0.717, 1.165) is 17.0 Å². The number of carbonyl (C=O) groups is 2. The van der Waals surface area contributed by atoms with E-state index in [2.05, 4.69) is 15.7 Å². The zero-order valence-corrected chi connectivity index (χ0v) is 16.4. The van der Waals surface area contributed by atoms with Gasteiger partial charge in [-0.1, -0.05) is 6.07 Å². The van der Waals surface area contributed by atoms with Gasteiger partial charge in [-0.05, 0) is 43.3 Å². The van der Waals surface area contributed by atoms with Crippen LogP contribution in [0, 0.1) is 6.92 Å². The molecule has 0 fully saturated rings. The average molecular weight is 432 g/mol. The van der Waals surface area contributed by atoms with Gasteiger partial charge in [-0.2, -0.15) is 18.3 Å². The molecule has 2 aromatic carbocycles. The van der Waals surface area contributed by atoms with Crippen LogP contribution >= 0.6 is 11.8 Å². The lowest BCUT2D eigenvalue weighted by atomic mass is 10.2. The fourth-order valence-electron chi connectivity index (χ4n) is 3.07. The van der Waals surface area contributed by atoms with Crippen molar-refractivity contribution in [2.45, 2.75) is 18.0 Å². The number of halogens is 3. The van der Waals surface area contributed by atoms with Crippen molar-refractivity contribution in [2.24, 2.45) is 0 Å². The van der Waals surface area contributed by atoms with Gasteiger partial charge in [0.25, 0.3) is 5.91 Å². The molecule has 0 saturated heterocycles. The second-order valence-corrected chi connectivity index (χ2v) is 7.62. The van der Waals surface area contributed by atoms with Crippen molar-refractivity contribution in [1.29, 1.82) is 0 Å². The van der Waals surface area contributed by atoms with E-state index in [9.17, 15) is 22.8 Å². The number of rotatable bonds is 3. The third kappa shape index (κ3) is 3.90. The van der Waals surface area contributed by atoms with Crippen LogP contribution in [-0.2, 0) is 11.0 Å². The first kappa shape index (κ1) is 20.0. The molecule has 30 heavy (non-hydrogen) atoms. The summed E-state index contributed by atoms with van der Waals surface area (Å²) in [6, 6.07) is 9.90. The second kappa shape index (κ2) is 7.52. The molecule has 0 saturated carbocycles. The van der Waals surface area contributed by atoms with Crippen LogP contribution in [0.3, 0.4) is 0 Å². The Morgan fingerprint density at radius 3 is 2.80 bits per heavy atom. The van der Waals surface area contributed by atoms with Gasteiger partial charge in [0.2, 0.25) is 5.91 Å². The normalized spacial score (nSPS) is 13.5. The van der Waals surface area contributed by atoms with Crippen molar-refractivity contribution in [3.63, 3.8) is 0 Å². The third-order valence-electron chi connectivity index (χ3n) is 4.54. The van der Waals surface area contributed by atoms with Gasteiger partial charge in [0, 0.05) is 10.6 Å². The Morgan fingerprint density at radius 2 is 2.03 bits per heavy atom. The Labute approximate surface area is 173 Å². The Balaban J connectivity index is 1.58. The summed E-state index contributed by atoms with van der Waals surface area (Å²) in [6.45, 7) is 1.60. The van der Waals surface area contributed by atoms with Crippen molar-refractivity contribution >= 4 is 35.0 Å². The number of aromatic nitrogens is 2. The van der Waals surface area contributed by atoms with E-state index in [1.807, 2.05) is 0 Å². The maximum Gasteiger partial charge on any atom is 0.416 e. The van der Waals surface area contributed by atoms with E-state index in [-0.39, 0.29) is 17.2 Å². The molecule has 0 atom stereocenters. The standard InChI is InChI=1S/C20H15F3N4O2S/c1-11-15(9-24-27(11)14-4-2-3-12(7-14)20(21,22)23)19(29)25-13-5-6-17-16(8-13)26-18(28)10-30-17/h2-9H,10H2,1H3,(H,25,29)(H,26,28). The molecule has 1 aliphatic heterocycles. The predicted molar refractivity (Wildman–Crippen MR) is 107 cm³/mol. The first-order valence-corrected chi connectivity index (χ1v) is 9.81. The molecule has 2 amide bonds. The minimum Gasteiger partial charge on any atom is -0.324 e. The highest BCUT2D eigenvalue weighted by atomic mass is 32.2. The number of nitrogens with one attached hydrogen (secondary N) is 2. The monoisotopic (exact) mass is 432 g/mol. The summed E-state index contributed by atoms with van der Waals surface area (Å²) in [7, 11) is 0. The molecule has 10 heteroatoms. The molecule has 0 spiro atoms. The number of amides is 2. The average Bonchev–Trinajstić information content (AvgIpc) is 3.08. The molecule has 1 aliphatic rings. The zero-order valence-electron chi connectivity index (χ0n) is 15.6.